The summed E-state index contributed by atoms with van der Waals surface area (Å²) < 4.78 is 7.13. The number of anilines is 1. The number of nitrogens with zero attached hydrogens (tertiary/aromatic N) is 3. The highest BCUT2D eigenvalue weighted by atomic mass is 32.2. The van der Waals surface area contributed by atoms with E-state index < -0.39 is 5.97 Å². The Morgan fingerprint density at radius 3 is 2.43 bits per heavy atom. The van der Waals surface area contributed by atoms with Gasteiger partial charge in [0.15, 0.2) is 11.0 Å². The number of esters is 1. The molecule has 37 heavy (non-hydrogen) atoms. The second kappa shape index (κ2) is 11.2. The van der Waals surface area contributed by atoms with Crippen molar-refractivity contribution in [2.24, 2.45) is 0 Å². The van der Waals surface area contributed by atoms with E-state index in [9.17, 15) is 9.59 Å². The molecule has 0 atom stereocenters. The number of benzene rings is 1. The van der Waals surface area contributed by atoms with Gasteiger partial charge in [-0.2, -0.15) is 0 Å². The normalized spacial score (nSPS) is 11.2. The van der Waals surface area contributed by atoms with Gasteiger partial charge in [-0.25, -0.2) is 4.79 Å². The molecule has 1 N–H and O–H groups in total. The van der Waals surface area contributed by atoms with E-state index in [1.54, 1.807) is 11.3 Å². The molecule has 0 saturated heterocycles. The summed E-state index contributed by atoms with van der Waals surface area (Å²) in [6.07, 6.45) is 0. The molecule has 0 saturated carbocycles. The molecule has 0 radical (unpaired) electrons. The first kappa shape index (κ1) is 27.1. The number of carbonyl (C=O) groups excluding carboxylic acids is 2. The smallest absolute Gasteiger partial charge is 0.341 e. The fraction of sp³-hybridized carbons (Fsp3) is 0.333. The maximum absolute atomic E-state index is 13.0. The van der Waals surface area contributed by atoms with Crippen LogP contribution >= 0.6 is 34.4 Å². The predicted molar refractivity (Wildman–Crippen MR) is 153 cm³/mol. The molecule has 0 aliphatic rings. The van der Waals surface area contributed by atoms with Crippen molar-refractivity contribution in [3.05, 3.63) is 56.1 Å². The number of rotatable bonds is 8. The summed E-state index contributed by atoms with van der Waals surface area (Å²) in [5.41, 5.74) is 6.47. The highest BCUT2D eigenvalue weighted by molar-refractivity contribution is 7.99. The molecule has 194 valence electrons. The first-order valence-electron chi connectivity index (χ1n) is 11.8. The molecule has 4 rings (SSSR count). The van der Waals surface area contributed by atoms with Crippen molar-refractivity contribution in [1.82, 2.24) is 14.8 Å². The number of thiophene rings is 2. The number of ether oxygens (including phenoxy) is 1. The Morgan fingerprint density at radius 1 is 1.05 bits per heavy atom. The number of methoxy groups -OCH3 is 1. The van der Waals surface area contributed by atoms with E-state index in [1.165, 1.54) is 40.6 Å². The highest BCUT2D eigenvalue weighted by Crippen LogP contribution is 2.38. The molecule has 0 unspecified atom stereocenters. The summed E-state index contributed by atoms with van der Waals surface area (Å²) in [4.78, 5) is 27.0. The lowest BCUT2D eigenvalue weighted by molar-refractivity contribution is -0.113. The first-order chi connectivity index (χ1) is 17.6. The molecule has 4 aromatic rings. The van der Waals surface area contributed by atoms with Gasteiger partial charge in [-0.05, 0) is 58.2 Å². The van der Waals surface area contributed by atoms with Crippen molar-refractivity contribution in [3.63, 3.8) is 0 Å². The van der Waals surface area contributed by atoms with Crippen LogP contribution < -0.4 is 5.32 Å². The van der Waals surface area contributed by atoms with Gasteiger partial charge in [0.2, 0.25) is 5.91 Å². The average Bonchev–Trinajstić information content (AvgIpc) is 3.56. The quantitative estimate of drug-likeness (QED) is 0.185. The van der Waals surface area contributed by atoms with Crippen LogP contribution in [0.1, 0.15) is 51.8 Å². The molecule has 0 fully saturated rings. The Hall–Kier alpha value is -2.95. The highest BCUT2D eigenvalue weighted by Gasteiger charge is 2.24. The maximum Gasteiger partial charge on any atom is 0.341 e. The monoisotopic (exact) mass is 554 g/mol. The van der Waals surface area contributed by atoms with Crippen molar-refractivity contribution >= 4 is 51.3 Å². The fourth-order valence-electron chi connectivity index (χ4n) is 4.03. The maximum atomic E-state index is 13.0. The van der Waals surface area contributed by atoms with Gasteiger partial charge < -0.3 is 10.1 Å². The van der Waals surface area contributed by atoms with Crippen molar-refractivity contribution in [3.8, 4) is 22.5 Å². The van der Waals surface area contributed by atoms with E-state index in [4.69, 9.17) is 4.74 Å². The Kier molecular flexibility index (Phi) is 8.20. The molecule has 7 nitrogen and oxygen atoms in total. The largest absolute Gasteiger partial charge is 0.465 e. The third-order valence-corrected chi connectivity index (χ3v) is 9.01. The standard InChI is InChI=1S/C27H30N4O3S3/c1-14(2)31-24(20-11-35-18(6)17(20)5)29-30-27(31)37-13-22(32)28-25-23(26(33)34-7)21(12-36-25)19-10-15(3)8-9-16(19)4/h8-12,14H,13H2,1-7H3,(H,28,32). The molecule has 10 heteroatoms. The Bertz CT molecular complexity index is 1470. The summed E-state index contributed by atoms with van der Waals surface area (Å²) in [6, 6.07) is 6.22. The van der Waals surface area contributed by atoms with Crippen molar-refractivity contribution in [2.75, 3.05) is 18.2 Å². The summed E-state index contributed by atoms with van der Waals surface area (Å²) in [6.45, 7) is 12.4. The van der Waals surface area contributed by atoms with Gasteiger partial charge >= 0.3 is 5.97 Å². The number of aromatic nitrogens is 3. The number of thioether (sulfide) groups is 1. The minimum atomic E-state index is -0.481. The van der Waals surface area contributed by atoms with E-state index in [0.29, 0.717) is 15.7 Å². The van der Waals surface area contributed by atoms with Crippen LogP contribution in [-0.4, -0.2) is 39.5 Å². The van der Waals surface area contributed by atoms with Gasteiger partial charge in [-0.15, -0.1) is 32.9 Å². The number of amides is 1. The summed E-state index contributed by atoms with van der Waals surface area (Å²) in [7, 11) is 1.35. The molecule has 3 aromatic heterocycles. The number of aryl methyl sites for hydroxylation is 3. The van der Waals surface area contributed by atoms with Crippen LogP contribution in [0.5, 0.6) is 0 Å². The van der Waals surface area contributed by atoms with E-state index in [2.05, 4.69) is 53.2 Å². The molecular formula is C27H30N4O3S3. The van der Waals surface area contributed by atoms with Gasteiger partial charge in [0.25, 0.3) is 0 Å². The molecule has 1 aromatic carbocycles. The van der Waals surface area contributed by atoms with Crippen LogP contribution in [0.2, 0.25) is 0 Å². The van der Waals surface area contributed by atoms with Gasteiger partial charge in [0.05, 0.1) is 12.9 Å². The minimum Gasteiger partial charge on any atom is -0.465 e. The number of hydrogen-bond donors (Lipinski definition) is 1. The lowest BCUT2D eigenvalue weighted by atomic mass is 9.97. The lowest BCUT2D eigenvalue weighted by Gasteiger charge is -2.14. The first-order valence-corrected chi connectivity index (χ1v) is 14.6. The van der Waals surface area contributed by atoms with Crippen molar-refractivity contribution in [1.29, 1.82) is 0 Å². The summed E-state index contributed by atoms with van der Waals surface area (Å²) >= 11 is 4.34. The molecule has 0 aliphatic carbocycles. The number of hydrogen-bond acceptors (Lipinski definition) is 8. The van der Waals surface area contributed by atoms with Gasteiger partial charge in [-0.1, -0.05) is 35.5 Å². The topological polar surface area (TPSA) is 86.1 Å². The van der Waals surface area contributed by atoms with Crippen molar-refractivity contribution < 1.29 is 14.3 Å². The Morgan fingerprint density at radius 2 is 1.78 bits per heavy atom. The Labute approximate surface area is 229 Å². The van der Waals surface area contributed by atoms with E-state index in [0.717, 1.165) is 33.6 Å². The van der Waals surface area contributed by atoms with Crippen LogP contribution in [-0.2, 0) is 9.53 Å². The average molecular weight is 555 g/mol. The van der Waals surface area contributed by atoms with Crippen LogP contribution in [0, 0.1) is 27.7 Å². The van der Waals surface area contributed by atoms with E-state index in [1.807, 2.05) is 37.4 Å². The van der Waals surface area contributed by atoms with Crippen LogP contribution in [0.3, 0.4) is 0 Å². The third-order valence-electron chi connectivity index (χ3n) is 6.16. The molecule has 1 amide bonds. The predicted octanol–water partition coefficient (Wildman–Crippen LogP) is 7.07. The van der Waals surface area contributed by atoms with E-state index >= 15 is 0 Å². The molecule has 0 aliphatic heterocycles. The Balaban J connectivity index is 1.56. The van der Waals surface area contributed by atoms with E-state index in [-0.39, 0.29) is 17.7 Å². The lowest BCUT2D eigenvalue weighted by Crippen LogP contribution is -2.16. The molecule has 3 heterocycles. The number of carbonyl (C=O) groups is 2. The van der Waals surface area contributed by atoms with Gasteiger partial charge in [0, 0.05) is 32.8 Å². The zero-order chi connectivity index (χ0) is 26.9. The molecule has 0 bridgehead atoms. The summed E-state index contributed by atoms with van der Waals surface area (Å²) in [5.74, 6) is 0.228. The SMILES string of the molecule is COC(=O)c1c(-c2cc(C)ccc2C)csc1NC(=O)CSc1nnc(-c2csc(C)c2C)n1C(C)C. The second-order valence-electron chi connectivity index (χ2n) is 9.10. The van der Waals surface area contributed by atoms with Gasteiger partial charge in [-0.3, -0.25) is 9.36 Å². The van der Waals surface area contributed by atoms with Crippen LogP contribution in [0.4, 0.5) is 5.00 Å². The zero-order valence-corrected chi connectivity index (χ0v) is 24.4. The van der Waals surface area contributed by atoms with Gasteiger partial charge in [0.1, 0.15) is 10.6 Å². The molecular weight excluding hydrogens is 525 g/mol. The fourth-order valence-corrected chi connectivity index (χ4v) is 6.73. The summed E-state index contributed by atoms with van der Waals surface area (Å²) in [5, 5.41) is 16.9. The zero-order valence-electron chi connectivity index (χ0n) is 22.0. The van der Waals surface area contributed by atoms with Crippen molar-refractivity contribution in [2.45, 2.75) is 52.7 Å². The third kappa shape index (κ3) is 5.51. The number of nitrogens with one attached hydrogen (secondary N) is 1. The van der Waals surface area contributed by atoms with Crippen LogP contribution in [0.25, 0.3) is 22.5 Å². The minimum absolute atomic E-state index is 0.124. The molecule has 0 spiro atoms. The van der Waals surface area contributed by atoms with Crippen LogP contribution in [0.15, 0.2) is 34.1 Å². The second-order valence-corrected chi connectivity index (χ2v) is 12.0.